The molecule has 1 atom stereocenters. The molecule has 1 aliphatic rings. The van der Waals surface area contributed by atoms with Gasteiger partial charge in [-0.25, -0.2) is 0 Å². The van der Waals surface area contributed by atoms with Crippen LogP contribution in [0.1, 0.15) is 23.6 Å². The minimum atomic E-state index is -0.941. The van der Waals surface area contributed by atoms with Crippen LogP contribution in [0.15, 0.2) is 42.5 Å². The molecule has 2 aromatic rings. The van der Waals surface area contributed by atoms with Gasteiger partial charge in [0.15, 0.2) is 17.2 Å². The molecule has 1 heterocycles. The van der Waals surface area contributed by atoms with Gasteiger partial charge in [0, 0.05) is 17.7 Å². The lowest BCUT2D eigenvalue weighted by atomic mass is 9.84. The maximum atomic E-state index is 7.96. The molecule has 0 amide bonds. The average Bonchev–Trinajstić information content (AvgIpc) is 2.66. The second-order valence-corrected chi connectivity index (χ2v) is 5.70. The van der Waals surface area contributed by atoms with Gasteiger partial charge in [0.1, 0.15) is 0 Å². The summed E-state index contributed by atoms with van der Waals surface area (Å²) in [6.07, 6.45) is 0.876. The molecule has 0 fully saturated rings. The summed E-state index contributed by atoms with van der Waals surface area (Å²) in [5.41, 5.74) is 2.06. The Morgan fingerprint density at radius 2 is 1.87 bits per heavy atom. The summed E-state index contributed by atoms with van der Waals surface area (Å²) in [5, 5.41) is 5.45. The van der Waals surface area contributed by atoms with E-state index in [1.807, 2.05) is 42.5 Å². The topological polar surface area (TPSA) is 41.9 Å². The molecule has 122 valence electrons. The zero-order chi connectivity index (χ0) is 17.2. The van der Waals surface area contributed by atoms with Gasteiger partial charge in [-0.2, -0.15) is 0 Å². The van der Waals surface area contributed by atoms with Crippen LogP contribution in [0.25, 0.3) is 0 Å². The van der Waals surface area contributed by atoms with Crippen LogP contribution >= 0.6 is 0 Å². The van der Waals surface area contributed by atoms with E-state index in [0.29, 0.717) is 11.5 Å². The van der Waals surface area contributed by atoms with Crippen molar-refractivity contribution in [2.45, 2.75) is 19.1 Å². The summed E-state index contributed by atoms with van der Waals surface area (Å²) in [6, 6.07) is 13.9. The summed E-state index contributed by atoms with van der Waals surface area (Å²) >= 11 is 0. The van der Waals surface area contributed by atoms with E-state index in [1.165, 1.54) is 0 Å². The largest absolute Gasteiger partial charge is 0.493 e. The average molecular weight is 314 g/mol. The third-order valence-corrected chi connectivity index (χ3v) is 4.62. The lowest BCUT2D eigenvalue weighted by molar-refractivity contribution is -0.0856. The predicted molar refractivity (Wildman–Crippen MR) is 89.9 cm³/mol. The molecule has 23 heavy (non-hydrogen) atoms. The monoisotopic (exact) mass is 314 g/mol. The molecule has 0 aromatic heterocycles. The smallest absolute Gasteiger partial charge is 0.213 e. The molecular weight excluding hydrogens is 290 g/mol. The molecule has 1 unspecified atom stereocenters. The highest BCUT2D eigenvalue weighted by atomic mass is 16.5. The minimum Gasteiger partial charge on any atom is -0.493 e. The van der Waals surface area contributed by atoms with Crippen LogP contribution in [0.4, 0.5) is 0 Å². The van der Waals surface area contributed by atoms with Crippen LogP contribution in [0.2, 0.25) is 0 Å². The van der Waals surface area contributed by atoms with E-state index in [4.69, 9.17) is 16.0 Å². The zero-order valence-corrected chi connectivity index (χ0v) is 13.8. The molecule has 4 nitrogen and oxygen atoms in total. The van der Waals surface area contributed by atoms with Crippen molar-refractivity contribution in [3.8, 4) is 11.5 Å². The van der Waals surface area contributed by atoms with Gasteiger partial charge >= 0.3 is 0 Å². The molecule has 0 saturated carbocycles. The van der Waals surface area contributed by atoms with Crippen LogP contribution in [0.5, 0.6) is 11.5 Å². The standard InChI is InChI=1S/C19H23NO3/c1-4-20-11-10-14-12-17(22-2)18(23-3)13-16(14)19(20,21)15-8-6-5-7-9-15/h5-9,12-13,21H,4,10-11H2,1-3H3/i21D. The van der Waals surface area contributed by atoms with Crippen LogP contribution in [-0.4, -0.2) is 38.7 Å². The van der Waals surface area contributed by atoms with Gasteiger partial charge in [-0.3, -0.25) is 4.90 Å². The Labute approximate surface area is 138 Å². The van der Waals surface area contributed by atoms with Gasteiger partial charge in [0.05, 0.1) is 14.2 Å². The molecule has 0 aliphatic carbocycles. The Hall–Kier alpha value is -2.04. The molecule has 4 heteroatoms. The number of ether oxygens (including phenoxy) is 2. The minimum absolute atomic E-state index is 0.645. The highest BCUT2D eigenvalue weighted by Gasteiger charge is 2.42. The lowest BCUT2D eigenvalue weighted by Crippen LogP contribution is -2.51. The molecule has 1 N–H and O–H groups in total. The highest BCUT2D eigenvalue weighted by molar-refractivity contribution is 5.53. The number of fused-ring (bicyclic) bond motifs is 1. The van der Waals surface area contributed by atoms with Crippen molar-refractivity contribution in [3.05, 3.63) is 59.2 Å². The fourth-order valence-electron chi connectivity index (χ4n) is 3.41. The van der Waals surface area contributed by atoms with Crippen LogP contribution in [0, 0.1) is 0 Å². The second kappa shape index (κ2) is 6.22. The third-order valence-electron chi connectivity index (χ3n) is 4.62. The molecule has 0 spiro atoms. The van der Waals surface area contributed by atoms with Crippen molar-refractivity contribution in [3.63, 3.8) is 0 Å². The summed E-state index contributed by atoms with van der Waals surface area (Å²) in [5.74, 6) is 1.35. The van der Waals surface area contributed by atoms with Gasteiger partial charge in [0.2, 0.25) is 1.43 Å². The Balaban J connectivity index is 2.28. The zero-order valence-electron chi connectivity index (χ0n) is 14.8. The second-order valence-electron chi connectivity index (χ2n) is 5.70. The predicted octanol–water partition coefficient (Wildman–Crippen LogP) is 2.78. The molecule has 0 radical (unpaired) electrons. The summed E-state index contributed by atoms with van der Waals surface area (Å²) in [4.78, 5) is 2.18. The van der Waals surface area contributed by atoms with E-state index in [9.17, 15) is 0 Å². The van der Waals surface area contributed by atoms with Crippen LogP contribution in [-0.2, 0) is 12.1 Å². The Kier molecular flexibility index (Phi) is 3.93. The maximum absolute atomic E-state index is 7.96. The molecule has 2 aromatic carbocycles. The van der Waals surface area contributed by atoms with E-state index in [1.54, 1.807) is 14.2 Å². The number of benzene rings is 2. The van der Waals surface area contributed by atoms with E-state index in [0.717, 1.165) is 36.2 Å². The fraction of sp³-hybridized carbons (Fsp3) is 0.368. The first-order valence-corrected chi connectivity index (χ1v) is 7.91. The Morgan fingerprint density at radius 3 is 2.48 bits per heavy atom. The summed E-state index contributed by atoms with van der Waals surface area (Å²) in [7, 11) is 3.26. The van der Waals surface area contributed by atoms with E-state index >= 15 is 0 Å². The first-order valence-electron chi connectivity index (χ1n) is 8.32. The SMILES string of the molecule is [2H]OC1(c2ccccc2)c2cc(OC)c(OC)cc2CCN1CC. The van der Waals surface area contributed by atoms with Crippen LogP contribution < -0.4 is 9.47 Å². The Morgan fingerprint density at radius 1 is 1.17 bits per heavy atom. The van der Waals surface area contributed by atoms with Gasteiger partial charge in [0.25, 0.3) is 0 Å². The van der Waals surface area contributed by atoms with Crippen LogP contribution in [0.3, 0.4) is 0 Å². The van der Waals surface area contributed by atoms with Crippen molar-refractivity contribution in [2.75, 3.05) is 27.3 Å². The van der Waals surface area contributed by atoms with Crippen molar-refractivity contribution < 1.29 is 14.6 Å². The third kappa shape index (κ3) is 2.48. The Bertz CT molecular complexity index is 707. The number of hydrogen-bond donors (Lipinski definition) is 1. The number of likely N-dealkylation sites (N-methyl/N-ethyl adjacent to an activating group) is 1. The first-order chi connectivity index (χ1) is 11.7. The first kappa shape index (κ1) is 14.5. The summed E-state index contributed by atoms with van der Waals surface area (Å²) in [6.45, 7) is 3.68. The van der Waals surface area contributed by atoms with Gasteiger partial charge in [-0.1, -0.05) is 37.3 Å². The lowest BCUT2D eigenvalue weighted by Gasteiger charge is -2.44. The van der Waals surface area contributed by atoms with E-state index < -0.39 is 5.72 Å². The van der Waals surface area contributed by atoms with Crippen molar-refractivity contribution in [2.24, 2.45) is 0 Å². The molecule has 1 aliphatic heterocycles. The van der Waals surface area contributed by atoms with E-state index in [2.05, 4.69) is 11.8 Å². The number of aliphatic hydroxyl groups is 1. The normalized spacial score (nSPS) is 21.4. The van der Waals surface area contributed by atoms with Gasteiger partial charge in [-0.15, -0.1) is 0 Å². The number of hydrogen-bond acceptors (Lipinski definition) is 4. The van der Waals surface area contributed by atoms with Gasteiger partial charge < -0.3 is 14.6 Å². The summed E-state index contributed by atoms with van der Waals surface area (Å²) < 4.78 is 18.9. The molecule has 0 saturated heterocycles. The van der Waals surface area contributed by atoms with Crippen molar-refractivity contribution >= 4 is 0 Å². The van der Waals surface area contributed by atoms with Crippen molar-refractivity contribution in [1.29, 1.82) is 1.43 Å². The molecular formula is C19H23NO3. The van der Waals surface area contributed by atoms with E-state index in [-0.39, 0.29) is 0 Å². The maximum Gasteiger partial charge on any atom is 0.213 e. The number of nitrogens with zero attached hydrogens (tertiary/aromatic N) is 1. The van der Waals surface area contributed by atoms with Crippen molar-refractivity contribution in [1.82, 2.24) is 4.90 Å². The quantitative estimate of drug-likeness (QED) is 0.921. The number of rotatable bonds is 5. The molecule has 3 rings (SSSR count). The highest BCUT2D eigenvalue weighted by Crippen LogP contribution is 2.43. The fourth-order valence-corrected chi connectivity index (χ4v) is 3.41. The molecule has 0 bridgehead atoms. The number of methoxy groups -OCH3 is 2. The van der Waals surface area contributed by atoms with Gasteiger partial charge in [-0.05, 0) is 30.7 Å².